The standard InChI is InChI=1S/C17H13ClN2O7S4/c1-8(4-10-15(23)19(6-14(21)22)17(28)29-10)2-3-12-20(7-13(20)31(24,25)26)9-5-11(18)30-16(9)27-12/h2-5,13H,6-7H2,1H3,(H-,21,22,24,25,26)/p+1. The number of fused-ring (bicyclic) bond motifs is 2. The van der Waals surface area contributed by atoms with Gasteiger partial charge in [0.2, 0.25) is 5.06 Å². The molecule has 14 heteroatoms. The van der Waals surface area contributed by atoms with Gasteiger partial charge in [-0.2, -0.15) is 12.9 Å². The minimum atomic E-state index is -4.31. The van der Waals surface area contributed by atoms with Crippen molar-refractivity contribution in [3.8, 4) is 5.06 Å². The van der Waals surface area contributed by atoms with Crippen molar-refractivity contribution in [1.82, 2.24) is 9.38 Å². The minimum Gasteiger partial charge on any atom is -0.480 e. The molecule has 0 aliphatic carbocycles. The van der Waals surface area contributed by atoms with Crippen LogP contribution in [0.3, 0.4) is 0 Å². The number of ether oxygens (including phenoxy) is 1. The molecule has 4 rings (SSSR count). The second-order valence-corrected chi connectivity index (χ2v) is 11.8. The molecule has 2 fully saturated rings. The van der Waals surface area contributed by atoms with Crippen LogP contribution in [0.5, 0.6) is 5.06 Å². The highest BCUT2D eigenvalue weighted by Gasteiger charge is 2.72. The van der Waals surface area contributed by atoms with Crippen LogP contribution in [-0.4, -0.2) is 57.6 Å². The Morgan fingerprint density at radius 1 is 1.52 bits per heavy atom. The zero-order valence-corrected chi connectivity index (χ0v) is 19.7. The van der Waals surface area contributed by atoms with Crippen LogP contribution in [0.25, 0.3) is 0 Å². The van der Waals surface area contributed by atoms with Crippen LogP contribution in [0.1, 0.15) is 6.92 Å². The Labute approximate surface area is 195 Å². The van der Waals surface area contributed by atoms with Gasteiger partial charge in [-0.3, -0.25) is 19.0 Å². The lowest BCUT2D eigenvalue weighted by molar-refractivity contribution is -0.140. The first-order chi connectivity index (χ1) is 14.4. The van der Waals surface area contributed by atoms with E-state index in [9.17, 15) is 22.6 Å². The molecule has 1 spiro atoms. The lowest BCUT2D eigenvalue weighted by atomic mass is 10.2. The highest BCUT2D eigenvalue weighted by atomic mass is 35.5. The maximum absolute atomic E-state index is 12.4. The van der Waals surface area contributed by atoms with Gasteiger partial charge in [0.05, 0.1) is 4.91 Å². The minimum absolute atomic E-state index is 0.117. The summed E-state index contributed by atoms with van der Waals surface area (Å²) >= 11 is 13.3. The smallest absolute Gasteiger partial charge is 0.326 e. The Hall–Kier alpha value is -1.74. The number of thioether (sulfide) groups is 1. The number of hydrogen-bond acceptors (Lipinski definition) is 8. The monoisotopic (exact) mass is 521 g/mol. The summed E-state index contributed by atoms with van der Waals surface area (Å²) in [6, 6.07) is 1.62. The van der Waals surface area contributed by atoms with E-state index < -0.39 is 33.9 Å². The third kappa shape index (κ3) is 3.95. The molecular formula is C17H14ClN2O7S4+. The normalized spacial score (nSPS) is 28.0. The van der Waals surface area contributed by atoms with Crippen LogP contribution in [0.15, 0.2) is 40.7 Å². The zero-order chi connectivity index (χ0) is 22.7. The highest BCUT2D eigenvalue weighted by molar-refractivity contribution is 8.26. The topological polar surface area (TPSA) is 121 Å². The number of allylic oxidation sites excluding steroid dienone is 4. The van der Waals surface area contributed by atoms with Gasteiger partial charge in [0.25, 0.3) is 11.3 Å². The molecule has 2 unspecified atom stereocenters. The van der Waals surface area contributed by atoms with Crippen molar-refractivity contribution < 1.29 is 32.4 Å². The molecule has 1 amide bonds. The van der Waals surface area contributed by atoms with E-state index in [4.69, 9.17) is 33.7 Å². The molecule has 3 aliphatic heterocycles. The molecule has 31 heavy (non-hydrogen) atoms. The summed E-state index contributed by atoms with van der Waals surface area (Å²) in [7, 11) is -4.31. The van der Waals surface area contributed by atoms with E-state index in [1.165, 1.54) is 0 Å². The molecule has 1 aromatic heterocycles. The lowest BCUT2D eigenvalue weighted by Crippen LogP contribution is -2.33. The summed E-state index contributed by atoms with van der Waals surface area (Å²) in [5, 5.41) is 8.29. The number of carboxylic acid groups (broad SMARTS) is 1. The zero-order valence-electron chi connectivity index (χ0n) is 15.6. The quantitative estimate of drug-likeness (QED) is 0.198. The van der Waals surface area contributed by atoms with Crippen molar-refractivity contribution in [2.24, 2.45) is 0 Å². The second kappa shape index (κ2) is 7.69. The van der Waals surface area contributed by atoms with Gasteiger partial charge in [0.1, 0.15) is 15.2 Å². The van der Waals surface area contributed by atoms with Crippen molar-refractivity contribution in [2.75, 3.05) is 13.1 Å². The molecule has 0 bridgehead atoms. The van der Waals surface area contributed by atoms with E-state index in [2.05, 4.69) is 0 Å². The summed E-state index contributed by atoms with van der Waals surface area (Å²) in [6.07, 6.45) is 4.78. The molecular weight excluding hydrogens is 508 g/mol. The van der Waals surface area contributed by atoms with Gasteiger partial charge in [0.15, 0.2) is 12.2 Å². The van der Waals surface area contributed by atoms with Crippen LogP contribution in [0.2, 0.25) is 4.34 Å². The summed E-state index contributed by atoms with van der Waals surface area (Å²) in [5.74, 6) is -1.35. The summed E-state index contributed by atoms with van der Waals surface area (Å²) in [6.45, 7) is 1.32. The van der Waals surface area contributed by atoms with Gasteiger partial charge in [-0.15, -0.1) is 0 Å². The van der Waals surface area contributed by atoms with E-state index in [1.807, 2.05) is 0 Å². The number of carbonyl (C=O) groups excluding carboxylic acids is 1. The molecule has 0 radical (unpaired) electrons. The Morgan fingerprint density at radius 3 is 2.84 bits per heavy atom. The molecule has 2 atom stereocenters. The average molecular weight is 522 g/mol. The van der Waals surface area contributed by atoms with E-state index in [0.717, 1.165) is 28.0 Å². The summed E-state index contributed by atoms with van der Waals surface area (Å²) in [5.41, 5.74) is 1.20. The van der Waals surface area contributed by atoms with Crippen LogP contribution in [-0.2, 0) is 19.7 Å². The van der Waals surface area contributed by atoms with Gasteiger partial charge in [-0.25, -0.2) is 0 Å². The second-order valence-electron chi connectivity index (χ2n) is 6.92. The number of thiophene rings is 1. The predicted octanol–water partition coefficient (Wildman–Crippen LogP) is 2.95. The number of hydrogen-bond donors (Lipinski definition) is 2. The maximum atomic E-state index is 12.4. The maximum Gasteiger partial charge on any atom is 0.326 e. The molecule has 164 valence electrons. The Kier molecular flexibility index (Phi) is 5.57. The first kappa shape index (κ1) is 22.5. The SMILES string of the molecule is CC(=CC=C1Oc2sc(Cl)cc2[N+]12CC2S(=O)(=O)O)C=C1SC(=S)N(CC(=O)O)C1=O. The van der Waals surface area contributed by atoms with Crippen molar-refractivity contribution >= 4 is 78.9 Å². The van der Waals surface area contributed by atoms with Crippen molar-refractivity contribution in [3.63, 3.8) is 0 Å². The fourth-order valence-corrected chi connectivity index (χ4v) is 6.90. The van der Waals surface area contributed by atoms with Crippen LogP contribution < -0.4 is 9.22 Å². The molecule has 0 saturated carbocycles. The average Bonchev–Trinajstić information content (AvgIpc) is 3.14. The number of quaternary nitrogens is 1. The van der Waals surface area contributed by atoms with Crippen LogP contribution in [0, 0.1) is 0 Å². The fraction of sp³-hybridized carbons (Fsp3) is 0.235. The van der Waals surface area contributed by atoms with Crippen LogP contribution >= 0.6 is 46.9 Å². The number of rotatable bonds is 5. The van der Waals surface area contributed by atoms with E-state index in [0.29, 0.717) is 26.5 Å². The number of thiocarbonyl (C=S) groups is 1. The summed E-state index contributed by atoms with van der Waals surface area (Å²) < 4.78 is 39.3. The molecule has 3 aliphatic rings. The predicted molar refractivity (Wildman–Crippen MR) is 121 cm³/mol. The largest absolute Gasteiger partial charge is 0.480 e. The number of carboxylic acids is 1. The van der Waals surface area contributed by atoms with Gasteiger partial charge in [-0.1, -0.05) is 46.9 Å². The van der Waals surface area contributed by atoms with Crippen LogP contribution in [0.4, 0.5) is 5.69 Å². The molecule has 9 nitrogen and oxygen atoms in total. The molecule has 4 heterocycles. The molecule has 2 saturated heterocycles. The lowest BCUT2D eigenvalue weighted by Gasteiger charge is -2.10. The van der Waals surface area contributed by atoms with E-state index >= 15 is 0 Å². The van der Waals surface area contributed by atoms with Gasteiger partial charge in [-0.05, 0) is 24.6 Å². The summed E-state index contributed by atoms with van der Waals surface area (Å²) in [4.78, 5) is 24.6. The number of halogens is 1. The molecule has 0 aromatic carbocycles. The van der Waals surface area contributed by atoms with Gasteiger partial charge < -0.3 is 9.84 Å². The fourth-order valence-electron chi connectivity index (χ4n) is 3.39. The highest BCUT2D eigenvalue weighted by Crippen LogP contribution is 2.59. The number of amides is 1. The number of aliphatic carboxylic acids is 1. The first-order valence-corrected chi connectivity index (χ1v) is 12.5. The first-order valence-electron chi connectivity index (χ1n) is 8.61. The van der Waals surface area contributed by atoms with Gasteiger partial charge >= 0.3 is 22.0 Å². The number of carbonyl (C=O) groups is 2. The third-order valence-electron chi connectivity index (χ3n) is 4.83. The Balaban J connectivity index is 1.61. The molecule has 2 N–H and O–H groups in total. The Morgan fingerprint density at radius 2 is 2.23 bits per heavy atom. The third-order valence-corrected chi connectivity index (χ3v) is 8.54. The molecule has 1 aromatic rings. The van der Waals surface area contributed by atoms with Crippen molar-refractivity contribution in [1.29, 1.82) is 0 Å². The van der Waals surface area contributed by atoms with Gasteiger partial charge in [0, 0.05) is 12.1 Å². The van der Waals surface area contributed by atoms with E-state index in [-0.39, 0.29) is 20.3 Å². The number of nitrogens with zero attached hydrogens (tertiary/aromatic N) is 2. The van der Waals surface area contributed by atoms with Crippen molar-refractivity contribution in [2.45, 2.75) is 12.3 Å². The van der Waals surface area contributed by atoms with Crippen molar-refractivity contribution in [3.05, 3.63) is 45.0 Å². The Bertz CT molecular complexity index is 1230. The van der Waals surface area contributed by atoms with E-state index in [1.54, 1.807) is 31.2 Å².